The average molecular weight is 424 g/mol. The zero-order valence-electron chi connectivity index (χ0n) is 16.7. The van der Waals surface area contributed by atoms with Gasteiger partial charge in [-0.2, -0.15) is 0 Å². The van der Waals surface area contributed by atoms with Crippen LogP contribution in [0.2, 0.25) is 0 Å². The third-order valence-corrected chi connectivity index (χ3v) is 7.29. The van der Waals surface area contributed by atoms with E-state index in [1.807, 2.05) is 24.3 Å². The van der Waals surface area contributed by atoms with E-state index in [-0.39, 0.29) is 35.4 Å². The van der Waals surface area contributed by atoms with Crippen molar-refractivity contribution in [2.24, 2.45) is 5.92 Å². The standard InChI is InChI=1S/C20H29N3O5S/c1-28-18-8-2-15(3-9-18)14-21-20(25)22-17-6-4-16(5-7-17)19(24)23-10-12-29(26,27)13-11-23/h2-3,8-9,16-17H,4-7,10-14H2,1H3,(H2,21,22,25). The predicted octanol–water partition coefficient (Wildman–Crippen LogP) is 1.31. The number of nitrogens with zero attached hydrogens (tertiary/aromatic N) is 1. The smallest absolute Gasteiger partial charge is 0.315 e. The van der Waals surface area contributed by atoms with E-state index in [2.05, 4.69) is 10.6 Å². The molecule has 1 saturated heterocycles. The van der Waals surface area contributed by atoms with E-state index in [0.717, 1.165) is 24.2 Å². The quantitative estimate of drug-likeness (QED) is 0.743. The Labute approximate surface area is 171 Å². The Balaban J connectivity index is 1.37. The van der Waals surface area contributed by atoms with Gasteiger partial charge in [-0.05, 0) is 43.4 Å². The van der Waals surface area contributed by atoms with Gasteiger partial charge in [-0.25, -0.2) is 13.2 Å². The van der Waals surface area contributed by atoms with E-state index in [1.165, 1.54) is 0 Å². The molecule has 9 heteroatoms. The number of carbonyl (C=O) groups is 2. The molecule has 0 aromatic heterocycles. The number of methoxy groups -OCH3 is 1. The van der Waals surface area contributed by atoms with Gasteiger partial charge in [0, 0.05) is 31.6 Å². The largest absolute Gasteiger partial charge is 0.497 e. The summed E-state index contributed by atoms with van der Waals surface area (Å²) in [5.41, 5.74) is 0.985. The van der Waals surface area contributed by atoms with Crippen LogP contribution in [0, 0.1) is 5.92 Å². The predicted molar refractivity (Wildman–Crippen MR) is 109 cm³/mol. The summed E-state index contributed by atoms with van der Waals surface area (Å²) in [5.74, 6) is 0.878. The van der Waals surface area contributed by atoms with Crippen LogP contribution in [-0.4, -0.2) is 63.0 Å². The van der Waals surface area contributed by atoms with Crippen LogP contribution in [0.1, 0.15) is 31.2 Å². The molecule has 0 spiro atoms. The molecule has 0 radical (unpaired) electrons. The Morgan fingerprint density at radius 2 is 1.69 bits per heavy atom. The topological polar surface area (TPSA) is 105 Å². The molecule has 1 saturated carbocycles. The van der Waals surface area contributed by atoms with E-state index in [0.29, 0.717) is 32.5 Å². The second-order valence-electron chi connectivity index (χ2n) is 7.70. The number of sulfone groups is 1. The Kier molecular flexibility index (Phi) is 7.00. The zero-order chi connectivity index (χ0) is 20.9. The van der Waals surface area contributed by atoms with Crippen molar-refractivity contribution < 1.29 is 22.7 Å². The second-order valence-corrected chi connectivity index (χ2v) is 10.0. The number of rotatable bonds is 5. The van der Waals surface area contributed by atoms with E-state index in [9.17, 15) is 18.0 Å². The van der Waals surface area contributed by atoms with Gasteiger partial charge >= 0.3 is 6.03 Å². The number of hydrogen-bond acceptors (Lipinski definition) is 5. The lowest BCUT2D eigenvalue weighted by Crippen LogP contribution is -2.48. The van der Waals surface area contributed by atoms with Crippen LogP contribution in [0.25, 0.3) is 0 Å². The molecule has 0 atom stereocenters. The van der Waals surface area contributed by atoms with Crippen LogP contribution in [0.5, 0.6) is 5.75 Å². The summed E-state index contributed by atoms with van der Waals surface area (Å²) in [6, 6.07) is 7.35. The van der Waals surface area contributed by atoms with Crippen molar-refractivity contribution in [1.29, 1.82) is 0 Å². The molecule has 1 aliphatic heterocycles. The summed E-state index contributed by atoms with van der Waals surface area (Å²) in [6.45, 7) is 1.03. The van der Waals surface area contributed by atoms with Gasteiger partial charge in [0.1, 0.15) is 5.75 Å². The van der Waals surface area contributed by atoms with Crippen LogP contribution >= 0.6 is 0 Å². The van der Waals surface area contributed by atoms with Crippen molar-refractivity contribution in [3.63, 3.8) is 0 Å². The minimum absolute atomic E-state index is 0.0525. The number of urea groups is 1. The van der Waals surface area contributed by atoms with Crippen LogP contribution in [0.4, 0.5) is 4.79 Å². The van der Waals surface area contributed by atoms with Crippen LogP contribution in [-0.2, 0) is 21.2 Å². The number of amides is 3. The van der Waals surface area contributed by atoms with Gasteiger partial charge in [0.25, 0.3) is 0 Å². The molecule has 3 amide bonds. The molecule has 3 rings (SSSR count). The first kappa shape index (κ1) is 21.4. The summed E-state index contributed by atoms with van der Waals surface area (Å²) in [6.07, 6.45) is 2.92. The van der Waals surface area contributed by atoms with Crippen molar-refractivity contribution >= 4 is 21.8 Å². The summed E-state index contributed by atoms with van der Waals surface area (Å²) in [5, 5.41) is 5.84. The molecule has 2 fully saturated rings. The van der Waals surface area contributed by atoms with Gasteiger partial charge in [-0.15, -0.1) is 0 Å². The molecule has 1 heterocycles. The number of hydrogen-bond donors (Lipinski definition) is 2. The molecule has 0 unspecified atom stereocenters. The first-order valence-corrected chi connectivity index (χ1v) is 11.8. The summed E-state index contributed by atoms with van der Waals surface area (Å²) >= 11 is 0. The summed E-state index contributed by atoms with van der Waals surface area (Å²) in [7, 11) is -1.37. The fourth-order valence-electron chi connectivity index (χ4n) is 3.84. The third-order valence-electron chi connectivity index (χ3n) is 5.68. The summed E-state index contributed by atoms with van der Waals surface area (Å²) in [4.78, 5) is 26.5. The first-order chi connectivity index (χ1) is 13.9. The Morgan fingerprint density at radius 1 is 1.07 bits per heavy atom. The minimum Gasteiger partial charge on any atom is -0.497 e. The zero-order valence-corrected chi connectivity index (χ0v) is 17.5. The molecule has 8 nitrogen and oxygen atoms in total. The van der Waals surface area contributed by atoms with Gasteiger partial charge < -0.3 is 20.3 Å². The molecule has 1 aromatic carbocycles. The van der Waals surface area contributed by atoms with Crippen molar-refractivity contribution in [2.45, 2.75) is 38.3 Å². The van der Waals surface area contributed by atoms with E-state index < -0.39 is 9.84 Å². The fourth-order valence-corrected chi connectivity index (χ4v) is 5.04. The maximum absolute atomic E-state index is 12.6. The average Bonchev–Trinajstić information content (AvgIpc) is 2.73. The molecule has 29 heavy (non-hydrogen) atoms. The maximum Gasteiger partial charge on any atom is 0.315 e. The van der Waals surface area contributed by atoms with Crippen LogP contribution in [0.15, 0.2) is 24.3 Å². The molecular formula is C20H29N3O5S. The molecule has 160 valence electrons. The highest BCUT2D eigenvalue weighted by Crippen LogP contribution is 2.26. The minimum atomic E-state index is -2.99. The van der Waals surface area contributed by atoms with E-state index >= 15 is 0 Å². The highest BCUT2D eigenvalue weighted by molar-refractivity contribution is 7.91. The first-order valence-electron chi connectivity index (χ1n) is 10.0. The number of benzene rings is 1. The van der Waals surface area contributed by atoms with Gasteiger partial charge in [0.2, 0.25) is 5.91 Å². The molecule has 2 N–H and O–H groups in total. The van der Waals surface area contributed by atoms with Gasteiger partial charge in [0.15, 0.2) is 9.84 Å². The van der Waals surface area contributed by atoms with Crippen molar-refractivity contribution in [2.75, 3.05) is 31.7 Å². The van der Waals surface area contributed by atoms with Gasteiger partial charge in [-0.3, -0.25) is 4.79 Å². The van der Waals surface area contributed by atoms with Gasteiger partial charge in [-0.1, -0.05) is 12.1 Å². The molecule has 0 bridgehead atoms. The Bertz CT molecular complexity index is 803. The fraction of sp³-hybridized carbons (Fsp3) is 0.600. The lowest BCUT2D eigenvalue weighted by molar-refractivity contribution is -0.136. The molecule has 2 aliphatic rings. The molecular weight excluding hydrogens is 394 g/mol. The van der Waals surface area contributed by atoms with E-state index in [1.54, 1.807) is 12.0 Å². The monoisotopic (exact) mass is 423 g/mol. The van der Waals surface area contributed by atoms with Crippen molar-refractivity contribution in [3.05, 3.63) is 29.8 Å². The summed E-state index contributed by atoms with van der Waals surface area (Å²) < 4.78 is 28.2. The lowest BCUT2D eigenvalue weighted by Gasteiger charge is -2.34. The van der Waals surface area contributed by atoms with E-state index in [4.69, 9.17) is 4.74 Å². The Hall–Kier alpha value is -2.29. The van der Waals surface area contributed by atoms with Crippen LogP contribution in [0.3, 0.4) is 0 Å². The highest BCUT2D eigenvalue weighted by atomic mass is 32.2. The Morgan fingerprint density at radius 3 is 2.28 bits per heavy atom. The third kappa shape index (κ3) is 6.09. The van der Waals surface area contributed by atoms with Crippen molar-refractivity contribution in [1.82, 2.24) is 15.5 Å². The van der Waals surface area contributed by atoms with Crippen molar-refractivity contribution in [3.8, 4) is 5.75 Å². The SMILES string of the molecule is COc1ccc(CNC(=O)NC2CCC(C(=O)N3CCS(=O)(=O)CC3)CC2)cc1. The van der Waals surface area contributed by atoms with Gasteiger partial charge in [0.05, 0.1) is 18.6 Å². The maximum atomic E-state index is 12.6. The number of carbonyl (C=O) groups excluding carboxylic acids is 2. The molecule has 1 aromatic rings. The lowest BCUT2D eigenvalue weighted by atomic mass is 9.85. The number of ether oxygens (including phenoxy) is 1. The molecule has 1 aliphatic carbocycles. The van der Waals surface area contributed by atoms with Crippen LogP contribution < -0.4 is 15.4 Å². The normalized spacial score (nSPS) is 23.8. The second kappa shape index (κ2) is 9.47. The highest BCUT2D eigenvalue weighted by Gasteiger charge is 2.32. The number of nitrogens with one attached hydrogen (secondary N) is 2.